The van der Waals surface area contributed by atoms with Crippen molar-refractivity contribution in [1.29, 1.82) is 0 Å². The van der Waals surface area contributed by atoms with Gasteiger partial charge in [0.15, 0.2) is 0 Å². The summed E-state index contributed by atoms with van der Waals surface area (Å²) in [7, 11) is 0. The predicted molar refractivity (Wildman–Crippen MR) is 88.4 cm³/mol. The molecule has 4 aromatic rings. The number of pyridine rings is 1. The van der Waals surface area contributed by atoms with Gasteiger partial charge in [-0.3, -0.25) is 14.3 Å². The largest absolute Gasteiger partial charge is 0.355 e. The maximum atomic E-state index is 12.4. The summed E-state index contributed by atoms with van der Waals surface area (Å²) >= 11 is 0. The minimum atomic E-state index is -0.0836. The van der Waals surface area contributed by atoms with Crippen molar-refractivity contribution in [1.82, 2.24) is 19.5 Å². The van der Waals surface area contributed by atoms with Crippen molar-refractivity contribution in [2.45, 2.75) is 6.54 Å². The van der Waals surface area contributed by atoms with E-state index in [-0.39, 0.29) is 18.0 Å². The van der Waals surface area contributed by atoms with Crippen molar-refractivity contribution in [3.8, 4) is 0 Å². The summed E-state index contributed by atoms with van der Waals surface area (Å²) in [6.07, 6.45) is 5.06. The Morgan fingerprint density at radius 3 is 2.86 bits per heavy atom. The summed E-state index contributed by atoms with van der Waals surface area (Å²) in [4.78, 5) is 24.0. The molecule has 0 aliphatic carbocycles. The Balaban J connectivity index is 0.00000144. The molecule has 6 heteroatoms. The number of rotatable bonds is 2. The van der Waals surface area contributed by atoms with Crippen LogP contribution in [-0.4, -0.2) is 19.5 Å². The highest BCUT2D eigenvalue weighted by molar-refractivity contribution is 5.85. The van der Waals surface area contributed by atoms with Crippen molar-refractivity contribution in [2.75, 3.05) is 0 Å². The molecule has 0 aliphatic rings. The molecule has 5 nitrogen and oxygen atoms in total. The van der Waals surface area contributed by atoms with Gasteiger partial charge >= 0.3 is 0 Å². The molecule has 0 bridgehead atoms. The van der Waals surface area contributed by atoms with Crippen molar-refractivity contribution in [3.63, 3.8) is 0 Å². The van der Waals surface area contributed by atoms with Crippen molar-refractivity contribution in [3.05, 3.63) is 71.2 Å². The van der Waals surface area contributed by atoms with Crippen LogP contribution in [0, 0.1) is 0 Å². The molecule has 0 saturated carbocycles. The molecule has 1 aromatic carbocycles. The molecule has 0 saturated heterocycles. The number of fused-ring (bicyclic) bond motifs is 2. The first-order valence-electron chi connectivity index (χ1n) is 6.68. The van der Waals surface area contributed by atoms with Crippen LogP contribution in [0.1, 0.15) is 5.69 Å². The number of benzene rings is 1. The number of aromatic nitrogens is 4. The summed E-state index contributed by atoms with van der Waals surface area (Å²) in [5.74, 6) is 0. The summed E-state index contributed by atoms with van der Waals surface area (Å²) in [5, 5.41) is 2.17. The van der Waals surface area contributed by atoms with E-state index < -0.39 is 0 Å². The third-order valence-electron chi connectivity index (χ3n) is 3.61. The normalized spacial score (nSPS) is 10.7. The van der Waals surface area contributed by atoms with Crippen LogP contribution in [0.2, 0.25) is 0 Å². The average Bonchev–Trinajstić information content (AvgIpc) is 3.00. The fourth-order valence-corrected chi connectivity index (χ4v) is 2.55. The zero-order chi connectivity index (χ0) is 14.2. The van der Waals surface area contributed by atoms with E-state index in [0.717, 1.165) is 16.5 Å². The molecular weight excluding hydrogens is 300 g/mol. The van der Waals surface area contributed by atoms with Gasteiger partial charge < -0.3 is 4.98 Å². The standard InChI is InChI=1S/C16H12N4O.ClH/c21-16-15-13(6-8-18-15)19-10-20(16)9-14-12-4-2-1-3-11(12)5-7-17-14;/h1-8,10,18H,9H2;1H. The van der Waals surface area contributed by atoms with Crippen LogP contribution in [0.3, 0.4) is 0 Å². The van der Waals surface area contributed by atoms with Gasteiger partial charge in [-0.25, -0.2) is 4.98 Å². The predicted octanol–water partition coefficient (Wildman–Crippen LogP) is 2.74. The van der Waals surface area contributed by atoms with Crippen LogP contribution < -0.4 is 5.56 Å². The summed E-state index contributed by atoms with van der Waals surface area (Å²) in [5.41, 5.74) is 1.99. The number of aromatic amines is 1. The van der Waals surface area contributed by atoms with Gasteiger partial charge in [-0.05, 0) is 17.5 Å². The van der Waals surface area contributed by atoms with Gasteiger partial charge in [-0.1, -0.05) is 24.3 Å². The first-order chi connectivity index (χ1) is 10.3. The van der Waals surface area contributed by atoms with E-state index in [1.165, 1.54) is 0 Å². The Kier molecular flexibility index (Phi) is 3.65. The zero-order valence-corrected chi connectivity index (χ0v) is 12.4. The molecule has 0 radical (unpaired) electrons. The highest BCUT2D eigenvalue weighted by atomic mass is 35.5. The van der Waals surface area contributed by atoms with E-state index >= 15 is 0 Å². The lowest BCUT2D eigenvalue weighted by molar-refractivity contribution is 0.734. The lowest BCUT2D eigenvalue weighted by Crippen LogP contribution is -2.21. The molecule has 0 amide bonds. The third kappa shape index (κ3) is 2.25. The number of hydrogen-bond acceptors (Lipinski definition) is 3. The Bertz CT molecular complexity index is 1000. The molecular formula is C16H13ClN4O. The van der Waals surface area contributed by atoms with Crippen LogP contribution in [0.5, 0.6) is 0 Å². The molecule has 3 heterocycles. The monoisotopic (exact) mass is 312 g/mol. The van der Waals surface area contributed by atoms with Crippen LogP contribution >= 0.6 is 12.4 Å². The Morgan fingerprint density at radius 1 is 1.09 bits per heavy atom. The van der Waals surface area contributed by atoms with E-state index in [1.807, 2.05) is 30.3 Å². The Labute approximate surface area is 132 Å². The van der Waals surface area contributed by atoms with Gasteiger partial charge in [0.2, 0.25) is 0 Å². The third-order valence-corrected chi connectivity index (χ3v) is 3.61. The SMILES string of the molecule is Cl.O=c1c2[nH]ccc2ncn1Cc1nccc2ccccc12. The maximum Gasteiger partial charge on any atom is 0.278 e. The van der Waals surface area contributed by atoms with Crippen molar-refractivity contribution < 1.29 is 0 Å². The minimum Gasteiger partial charge on any atom is -0.355 e. The molecule has 110 valence electrons. The van der Waals surface area contributed by atoms with Gasteiger partial charge in [0.1, 0.15) is 5.52 Å². The maximum absolute atomic E-state index is 12.4. The van der Waals surface area contributed by atoms with Gasteiger partial charge in [0, 0.05) is 17.8 Å². The first kappa shape index (κ1) is 14.3. The van der Waals surface area contributed by atoms with Crippen molar-refractivity contribution in [2.24, 2.45) is 0 Å². The van der Waals surface area contributed by atoms with E-state index in [9.17, 15) is 4.79 Å². The van der Waals surface area contributed by atoms with Crippen LogP contribution in [0.25, 0.3) is 21.8 Å². The topological polar surface area (TPSA) is 63.6 Å². The summed E-state index contributed by atoms with van der Waals surface area (Å²) in [6, 6.07) is 11.8. The van der Waals surface area contributed by atoms with E-state index in [2.05, 4.69) is 15.0 Å². The summed E-state index contributed by atoms with van der Waals surface area (Å²) in [6.45, 7) is 0.405. The van der Waals surface area contributed by atoms with Crippen molar-refractivity contribution >= 4 is 34.2 Å². The zero-order valence-electron chi connectivity index (χ0n) is 11.6. The number of nitrogens with zero attached hydrogens (tertiary/aromatic N) is 3. The van der Waals surface area contributed by atoms with E-state index in [1.54, 1.807) is 29.4 Å². The van der Waals surface area contributed by atoms with Gasteiger partial charge in [0.25, 0.3) is 5.56 Å². The molecule has 4 rings (SSSR count). The minimum absolute atomic E-state index is 0. The fraction of sp³-hybridized carbons (Fsp3) is 0.0625. The highest BCUT2D eigenvalue weighted by Gasteiger charge is 2.08. The van der Waals surface area contributed by atoms with Gasteiger partial charge in [-0.15, -0.1) is 12.4 Å². The van der Waals surface area contributed by atoms with Gasteiger partial charge in [-0.2, -0.15) is 0 Å². The van der Waals surface area contributed by atoms with Crippen LogP contribution in [-0.2, 0) is 6.54 Å². The molecule has 0 fully saturated rings. The molecule has 0 aliphatic heterocycles. The Morgan fingerprint density at radius 2 is 1.95 bits per heavy atom. The van der Waals surface area contributed by atoms with Gasteiger partial charge in [0.05, 0.1) is 24.1 Å². The molecule has 3 aromatic heterocycles. The summed E-state index contributed by atoms with van der Waals surface area (Å²) < 4.78 is 1.58. The van der Waals surface area contributed by atoms with Crippen LogP contribution in [0.4, 0.5) is 0 Å². The number of nitrogens with one attached hydrogen (secondary N) is 1. The Hall–Kier alpha value is -2.66. The number of H-pyrrole nitrogens is 1. The number of halogens is 1. The molecule has 1 N–H and O–H groups in total. The average molecular weight is 313 g/mol. The molecule has 0 atom stereocenters. The van der Waals surface area contributed by atoms with E-state index in [4.69, 9.17) is 0 Å². The fourth-order valence-electron chi connectivity index (χ4n) is 2.55. The molecule has 0 unspecified atom stereocenters. The van der Waals surface area contributed by atoms with Crippen LogP contribution in [0.15, 0.2) is 59.9 Å². The number of hydrogen-bond donors (Lipinski definition) is 1. The molecule has 22 heavy (non-hydrogen) atoms. The quantitative estimate of drug-likeness (QED) is 0.619. The van der Waals surface area contributed by atoms with E-state index in [0.29, 0.717) is 17.6 Å². The smallest absolute Gasteiger partial charge is 0.278 e. The lowest BCUT2D eigenvalue weighted by Gasteiger charge is -2.07. The molecule has 0 spiro atoms. The second-order valence-corrected chi connectivity index (χ2v) is 4.89. The second kappa shape index (κ2) is 5.61. The lowest BCUT2D eigenvalue weighted by atomic mass is 10.1. The highest BCUT2D eigenvalue weighted by Crippen LogP contribution is 2.16. The first-order valence-corrected chi connectivity index (χ1v) is 6.68. The second-order valence-electron chi connectivity index (χ2n) is 4.89.